The van der Waals surface area contributed by atoms with Crippen molar-refractivity contribution in [3.05, 3.63) is 45.5 Å². The summed E-state index contributed by atoms with van der Waals surface area (Å²) >= 11 is 6.01. The number of halogens is 4. The molecule has 0 aliphatic rings. The predicted octanol–water partition coefficient (Wildman–Crippen LogP) is 2.41. The van der Waals surface area contributed by atoms with Crippen LogP contribution in [0.15, 0.2) is 29.2 Å². The first-order chi connectivity index (χ1) is 15.5. The van der Waals surface area contributed by atoms with Crippen LogP contribution in [0.25, 0.3) is 16.6 Å². The number of aryl methyl sites for hydroxylation is 1. The molecule has 0 saturated heterocycles. The Labute approximate surface area is 187 Å². The molecule has 3 aromatic rings. The van der Waals surface area contributed by atoms with Crippen molar-refractivity contribution in [3.8, 4) is 17.5 Å². The molecule has 0 atom stereocenters. The SMILES string of the molecule is COC(=O)OCC#Cc1nn(-c2ccc3nn(C)cc3c2)c(=O)c(Cl)c1NC(=O)C(F)(F)F. The molecule has 0 fully saturated rings. The number of nitrogens with zero attached hydrogens (tertiary/aromatic N) is 4. The Morgan fingerprint density at radius 1 is 1.27 bits per heavy atom. The maximum Gasteiger partial charge on any atom is 0.508 e. The van der Waals surface area contributed by atoms with Crippen molar-refractivity contribution < 1.29 is 32.2 Å². The van der Waals surface area contributed by atoms with Crippen molar-refractivity contribution in [3.63, 3.8) is 0 Å². The van der Waals surface area contributed by atoms with Gasteiger partial charge in [-0.05, 0) is 24.1 Å². The number of alkyl halides is 3. The third-order valence-corrected chi connectivity index (χ3v) is 4.37. The number of hydrogen-bond donors (Lipinski definition) is 1. The normalized spacial score (nSPS) is 11.0. The summed E-state index contributed by atoms with van der Waals surface area (Å²) in [5, 5.41) is 9.56. The lowest BCUT2D eigenvalue weighted by molar-refractivity contribution is -0.167. The molecule has 2 heterocycles. The molecule has 33 heavy (non-hydrogen) atoms. The highest BCUT2D eigenvalue weighted by Gasteiger charge is 2.39. The molecular weight excluding hydrogens is 471 g/mol. The number of hydrogen-bond acceptors (Lipinski definition) is 7. The summed E-state index contributed by atoms with van der Waals surface area (Å²) in [5.74, 6) is 2.27. The number of methoxy groups -OCH3 is 1. The van der Waals surface area contributed by atoms with Crippen molar-refractivity contribution >= 4 is 40.3 Å². The summed E-state index contributed by atoms with van der Waals surface area (Å²) in [6.45, 7) is -0.514. The summed E-state index contributed by atoms with van der Waals surface area (Å²) in [4.78, 5) is 35.2. The third kappa shape index (κ3) is 5.24. The van der Waals surface area contributed by atoms with Crippen LogP contribution in [0.5, 0.6) is 0 Å². The zero-order chi connectivity index (χ0) is 24.3. The van der Waals surface area contributed by atoms with Gasteiger partial charge in [0.1, 0.15) is 10.7 Å². The monoisotopic (exact) mass is 483 g/mol. The largest absolute Gasteiger partial charge is 0.508 e. The van der Waals surface area contributed by atoms with Crippen LogP contribution in [0, 0.1) is 11.8 Å². The standard InChI is InChI=1S/C19H13ClF3N5O5/c1-27-9-10-8-11(5-6-12(10)25-27)28-16(29)14(20)15(24-17(30)19(21,22)23)13(26-28)4-3-7-33-18(31)32-2/h5-6,8-9H,7H2,1-2H3,(H,24,30). The topological polar surface area (TPSA) is 117 Å². The minimum absolute atomic E-state index is 0.213. The van der Waals surface area contributed by atoms with E-state index < -0.39 is 46.8 Å². The molecule has 14 heteroatoms. The maximum atomic E-state index is 12.8. The summed E-state index contributed by atoms with van der Waals surface area (Å²) in [7, 11) is 2.76. The van der Waals surface area contributed by atoms with Crippen LogP contribution < -0.4 is 10.9 Å². The second-order valence-corrected chi connectivity index (χ2v) is 6.67. The van der Waals surface area contributed by atoms with Gasteiger partial charge in [0.2, 0.25) is 0 Å². The Hall–Kier alpha value is -4.05. The highest BCUT2D eigenvalue weighted by Crippen LogP contribution is 2.25. The number of carbonyl (C=O) groups excluding carboxylic acids is 2. The van der Waals surface area contributed by atoms with Crippen LogP contribution in [0.3, 0.4) is 0 Å². The van der Waals surface area contributed by atoms with E-state index in [2.05, 4.69) is 31.5 Å². The number of rotatable bonds is 3. The molecule has 0 radical (unpaired) electrons. The Kier molecular flexibility index (Phi) is 6.59. The number of nitrogens with one attached hydrogen (secondary N) is 1. The first-order valence-corrected chi connectivity index (χ1v) is 9.23. The van der Waals surface area contributed by atoms with Crippen molar-refractivity contribution in [1.82, 2.24) is 19.6 Å². The number of aromatic nitrogens is 4. The van der Waals surface area contributed by atoms with E-state index in [9.17, 15) is 27.6 Å². The maximum absolute atomic E-state index is 12.8. The number of ether oxygens (including phenoxy) is 2. The van der Waals surface area contributed by atoms with Gasteiger partial charge in [0, 0.05) is 18.6 Å². The van der Waals surface area contributed by atoms with Crippen LogP contribution >= 0.6 is 11.6 Å². The molecule has 0 bridgehead atoms. The minimum Gasteiger partial charge on any atom is -0.438 e. The first kappa shape index (κ1) is 23.6. The van der Waals surface area contributed by atoms with Crippen LogP contribution in [0.2, 0.25) is 5.02 Å². The first-order valence-electron chi connectivity index (χ1n) is 8.85. The second kappa shape index (κ2) is 9.21. The molecule has 0 spiro atoms. The second-order valence-electron chi connectivity index (χ2n) is 6.30. The van der Waals surface area contributed by atoms with Crippen molar-refractivity contribution in [2.45, 2.75) is 6.18 Å². The van der Waals surface area contributed by atoms with Crippen molar-refractivity contribution in [2.24, 2.45) is 7.05 Å². The molecule has 10 nitrogen and oxygen atoms in total. The lowest BCUT2D eigenvalue weighted by Crippen LogP contribution is -2.32. The van der Waals surface area contributed by atoms with Gasteiger partial charge in [-0.2, -0.15) is 28.1 Å². The minimum atomic E-state index is -5.26. The number of amides is 1. The lowest BCUT2D eigenvalue weighted by Gasteiger charge is -2.13. The molecule has 0 aliphatic heterocycles. The Morgan fingerprint density at radius 3 is 2.67 bits per heavy atom. The molecule has 1 amide bonds. The molecule has 2 aromatic heterocycles. The summed E-state index contributed by atoms with van der Waals surface area (Å²) in [6, 6.07) is 4.64. The van der Waals surface area contributed by atoms with E-state index in [1.165, 1.54) is 11.4 Å². The highest BCUT2D eigenvalue weighted by molar-refractivity contribution is 6.33. The fourth-order valence-electron chi connectivity index (χ4n) is 2.60. The molecule has 172 valence electrons. The molecule has 1 N–H and O–H groups in total. The van der Waals surface area contributed by atoms with E-state index >= 15 is 0 Å². The van der Waals surface area contributed by atoms with E-state index in [0.29, 0.717) is 10.9 Å². The quantitative estimate of drug-likeness (QED) is 0.449. The number of benzene rings is 1. The van der Waals surface area contributed by atoms with Gasteiger partial charge < -0.3 is 14.8 Å². The fourth-order valence-corrected chi connectivity index (χ4v) is 2.82. The van der Waals surface area contributed by atoms with Gasteiger partial charge in [0.05, 0.1) is 18.3 Å². The van der Waals surface area contributed by atoms with E-state index in [0.717, 1.165) is 11.8 Å². The number of carbonyl (C=O) groups is 2. The summed E-state index contributed by atoms with van der Waals surface area (Å²) < 4.78 is 49.4. The lowest BCUT2D eigenvalue weighted by atomic mass is 10.2. The molecule has 0 unspecified atom stereocenters. The number of fused-ring (bicyclic) bond motifs is 1. The Bertz CT molecular complexity index is 1370. The van der Waals surface area contributed by atoms with Gasteiger partial charge in [0.15, 0.2) is 12.3 Å². The van der Waals surface area contributed by atoms with Crippen LogP contribution in [-0.2, 0) is 21.3 Å². The van der Waals surface area contributed by atoms with E-state index in [1.807, 2.05) is 0 Å². The predicted molar refractivity (Wildman–Crippen MR) is 109 cm³/mol. The van der Waals surface area contributed by atoms with Gasteiger partial charge in [-0.3, -0.25) is 14.3 Å². The zero-order valence-corrected chi connectivity index (χ0v) is 17.6. The third-order valence-electron chi connectivity index (χ3n) is 4.02. The molecule has 0 aliphatic carbocycles. The smallest absolute Gasteiger partial charge is 0.438 e. The molecule has 0 saturated carbocycles. The van der Waals surface area contributed by atoms with Crippen molar-refractivity contribution in [2.75, 3.05) is 19.0 Å². The van der Waals surface area contributed by atoms with E-state index in [4.69, 9.17) is 11.6 Å². The average molecular weight is 484 g/mol. The Morgan fingerprint density at radius 2 is 2.00 bits per heavy atom. The van der Waals surface area contributed by atoms with Crippen molar-refractivity contribution in [1.29, 1.82) is 0 Å². The summed E-state index contributed by atoms with van der Waals surface area (Å²) in [5.41, 5.74) is -1.39. The van der Waals surface area contributed by atoms with Crippen LogP contribution in [-0.4, -0.2) is 51.5 Å². The van der Waals surface area contributed by atoms with Crippen LogP contribution in [0.1, 0.15) is 5.69 Å². The molecule has 1 aromatic carbocycles. The Balaban J connectivity index is 2.12. The van der Waals surface area contributed by atoms with Gasteiger partial charge in [-0.1, -0.05) is 17.5 Å². The number of anilines is 1. The molecular formula is C19H13ClF3N5O5. The fraction of sp³-hybridized carbons (Fsp3) is 0.211. The van der Waals surface area contributed by atoms with E-state index in [1.54, 1.807) is 30.1 Å². The van der Waals surface area contributed by atoms with Crippen LogP contribution in [0.4, 0.5) is 23.7 Å². The molecule has 3 rings (SSSR count). The van der Waals surface area contributed by atoms with E-state index in [-0.39, 0.29) is 5.69 Å². The van der Waals surface area contributed by atoms with Gasteiger partial charge in [-0.15, -0.1) is 0 Å². The highest BCUT2D eigenvalue weighted by atomic mass is 35.5. The average Bonchev–Trinajstić information content (AvgIpc) is 3.13. The summed E-state index contributed by atoms with van der Waals surface area (Å²) in [6.07, 6.45) is -4.63. The van der Waals surface area contributed by atoms with Gasteiger partial charge >= 0.3 is 18.2 Å². The van der Waals surface area contributed by atoms with Gasteiger partial charge in [-0.25, -0.2) is 4.79 Å². The zero-order valence-electron chi connectivity index (χ0n) is 16.9. The van der Waals surface area contributed by atoms with Gasteiger partial charge in [0.25, 0.3) is 5.56 Å².